The van der Waals surface area contributed by atoms with Gasteiger partial charge in [-0.15, -0.1) is 0 Å². The third-order valence-corrected chi connectivity index (χ3v) is 4.97. The summed E-state index contributed by atoms with van der Waals surface area (Å²) in [4.78, 5) is 23.5. The molecular weight excluding hydrogens is 391 g/mol. The smallest absolute Gasteiger partial charge is 0.407 e. The van der Waals surface area contributed by atoms with Crippen LogP contribution in [0.5, 0.6) is 0 Å². The standard InChI is InChI=1S/C20H23FN6O3/c1-2-24-20(29)30-15-7-8-17(12(9-15)10-22)27-11-16(18(23)28)19(26-27)25-14-5-3-13(21)4-6-14/h3-6,11-12,15,17H,2,7-9H2,1H3,(H2,23,28)(H,24,29)(H,25,26)/t12?,15-,17+/m1/s1. The molecule has 1 unspecified atom stereocenters. The SMILES string of the molecule is CCNC(=O)O[C@@H]1CC[C@H](n2cc(C(N)=O)c(Nc3ccc(F)cc3)n2)C(C#N)C1. The van der Waals surface area contributed by atoms with E-state index in [1.54, 1.807) is 11.6 Å². The number of benzene rings is 1. The number of carbonyl (C=O) groups excluding carboxylic acids is 2. The van der Waals surface area contributed by atoms with Gasteiger partial charge in [-0.05, 0) is 44.0 Å². The van der Waals surface area contributed by atoms with Gasteiger partial charge < -0.3 is 21.1 Å². The van der Waals surface area contributed by atoms with E-state index >= 15 is 0 Å². The number of nitrogens with zero attached hydrogens (tertiary/aromatic N) is 3. The molecule has 0 bridgehead atoms. The van der Waals surface area contributed by atoms with Crippen LogP contribution in [0.1, 0.15) is 42.6 Å². The lowest BCUT2D eigenvalue weighted by atomic mass is 9.83. The van der Waals surface area contributed by atoms with Gasteiger partial charge in [0.1, 0.15) is 17.5 Å². The van der Waals surface area contributed by atoms with Gasteiger partial charge in [-0.2, -0.15) is 10.4 Å². The maximum atomic E-state index is 13.1. The molecule has 1 fully saturated rings. The van der Waals surface area contributed by atoms with Crippen molar-refractivity contribution >= 4 is 23.5 Å². The summed E-state index contributed by atoms with van der Waals surface area (Å²) in [5, 5.41) is 19.6. The molecular formula is C20H23FN6O3. The van der Waals surface area contributed by atoms with Crippen LogP contribution < -0.4 is 16.4 Å². The molecule has 1 heterocycles. The quantitative estimate of drug-likeness (QED) is 0.665. The number of anilines is 2. The molecule has 0 aliphatic heterocycles. The van der Waals surface area contributed by atoms with Gasteiger partial charge in [0.2, 0.25) is 0 Å². The highest BCUT2D eigenvalue weighted by atomic mass is 19.1. The van der Waals surface area contributed by atoms with Gasteiger partial charge in [0.05, 0.1) is 18.0 Å². The average molecular weight is 414 g/mol. The number of nitrogens with one attached hydrogen (secondary N) is 2. The molecule has 1 aromatic heterocycles. The largest absolute Gasteiger partial charge is 0.446 e. The molecule has 1 aliphatic carbocycles. The van der Waals surface area contributed by atoms with Crippen molar-refractivity contribution in [2.75, 3.05) is 11.9 Å². The molecule has 3 rings (SSSR count). The maximum absolute atomic E-state index is 13.1. The predicted molar refractivity (Wildman–Crippen MR) is 106 cm³/mol. The lowest BCUT2D eigenvalue weighted by molar-refractivity contribution is 0.0519. The highest BCUT2D eigenvalue weighted by molar-refractivity contribution is 5.98. The van der Waals surface area contributed by atoms with Gasteiger partial charge in [-0.25, -0.2) is 9.18 Å². The minimum Gasteiger partial charge on any atom is -0.446 e. The molecule has 4 N–H and O–H groups in total. The number of hydrogen-bond acceptors (Lipinski definition) is 6. The Morgan fingerprint density at radius 3 is 2.73 bits per heavy atom. The summed E-state index contributed by atoms with van der Waals surface area (Å²) in [5.74, 6) is -1.29. The number of rotatable bonds is 6. The normalized spacial score (nSPS) is 20.8. The maximum Gasteiger partial charge on any atom is 0.407 e. The molecule has 1 saturated carbocycles. The van der Waals surface area contributed by atoms with Gasteiger partial charge in [0.25, 0.3) is 5.91 Å². The zero-order valence-corrected chi connectivity index (χ0v) is 16.5. The molecule has 10 heteroatoms. The first-order chi connectivity index (χ1) is 14.4. The number of carbonyl (C=O) groups is 2. The van der Waals surface area contributed by atoms with E-state index in [1.807, 2.05) is 0 Å². The minimum atomic E-state index is -0.673. The lowest BCUT2D eigenvalue weighted by Gasteiger charge is -2.32. The molecule has 9 nitrogen and oxygen atoms in total. The summed E-state index contributed by atoms with van der Waals surface area (Å²) < 4.78 is 20.0. The summed E-state index contributed by atoms with van der Waals surface area (Å²) >= 11 is 0. The Bertz CT molecular complexity index is 952. The third-order valence-electron chi connectivity index (χ3n) is 4.97. The van der Waals surface area contributed by atoms with Crippen LogP contribution in [0.25, 0.3) is 0 Å². The number of alkyl carbamates (subject to hydrolysis) is 1. The monoisotopic (exact) mass is 414 g/mol. The molecule has 30 heavy (non-hydrogen) atoms. The van der Waals surface area contributed by atoms with Crippen LogP contribution in [0.15, 0.2) is 30.5 Å². The number of amides is 2. The van der Waals surface area contributed by atoms with Gasteiger partial charge in [-0.1, -0.05) is 0 Å². The molecule has 3 atom stereocenters. The number of primary amides is 1. The second kappa shape index (κ2) is 9.26. The second-order valence-electron chi connectivity index (χ2n) is 7.04. The molecule has 2 amide bonds. The van der Waals surface area contributed by atoms with E-state index < -0.39 is 17.9 Å². The molecule has 0 radical (unpaired) electrons. The van der Waals surface area contributed by atoms with Crippen molar-refractivity contribution in [2.45, 2.75) is 38.3 Å². The Labute approximate surface area is 173 Å². The van der Waals surface area contributed by atoms with E-state index in [4.69, 9.17) is 10.5 Å². The van der Waals surface area contributed by atoms with Crippen LogP contribution in [0.3, 0.4) is 0 Å². The predicted octanol–water partition coefficient (Wildman–Crippen LogP) is 2.84. The molecule has 2 aromatic rings. The van der Waals surface area contributed by atoms with Gasteiger partial charge in [-0.3, -0.25) is 9.48 Å². The van der Waals surface area contributed by atoms with E-state index in [9.17, 15) is 19.2 Å². The van der Waals surface area contributed by atoms with Crippen LogP contribution in [-0.4, -0.2) is 34.4 Å². The number of nitriles is 1. The van der Waals surface area contributed by atoms with Crippen molar-refractivity contribution in [2.24, 2.45) is 11.7 Å². The van der Waals surface area contributed by atoms with Crippen molar-refractivity contribution < 1.29 is 18.7 Å². The minimum absolute atomic E-state index is 0.164. The van der Waals surface area contributed by atoms with Crippen LogP contribution >= 0.6 is 0 Å². The number of hydrogen-bond donors (Lipinski definition) is 3. The topological polar surface area (TPSA) is 135 Å². The fourth-order valence-electron chi connectivity index (χ4n) is 3.52. The molecule has 0 spiro atoms. The van der Waals surface area contributed by atoms with E-state index in [2.05, 4.69) is 21.8 Å². The van der Waals surface area contributed by atoms with Crippen molar-refractivity contribution in [3.05, 3.63) is 41.8 Å². The summed E-state index contributed by atoms with van der Waals surface area (Å²) in [6, 6.07) is 7.55. The van der Waals surface area contributed by atoms with E-state index in [1.165, 1.54) is 30.5 Å². The summed E-state index contributed by atoms with van der Waals surface area (Å²) in [6.07, 6.45) is 2.11. The van der Waals surface area contributed by atoms with Crippen molar-refractivity contribution in [1.29, 1.82) is 5.26 Å². The van der Waals surface area contributed by atoms with Crippen molar-refractivity contribution in [3.8, 4) is 6.07 Å². The van der Waals surface area contributed by atoms with Crippen LogP contribution in [0, 0.1) is 23.1 Å². The zero-order chi connectivity index (χ0) is 21.7. The Balaban J connectivity index is 1.78. The third kappa shape index (κ3) is 4.86. The Kier molecular flexibility index (Phi) is 6.51. The van der Waals surface area contributed by atoms with Crippen LogP contribution in [0.2, 0.25) is 0 Å². The second-order valence-corrected chi connectivity index (χ2v) is 7.04. The fourth-order valence-corrected chi connectivity index (χ4v) is 3.52. The molecule has 158 valence electrons. The highest BCUT2D eigenvalue weighted by Crippen LogP contribution is 2.36. The molecule has 1 aliphatic rings. The van der Waals surface area contributed by atoms with E-state index in [-0.39, 0.29) is 29.3 Å². The van der Waals surface area contributed by atoms with E-state index in [0.717, 1.165) is 0 Å². The summed E-state index contributed by atoms with van der Waals surface area (Å²) in [7, 11) is 0. The first kappa shape index (κ1) is 21.1. The Morgan fingerprint density at radius 2 is 2.10 bits per heavy atom. The van der Waals surface area contributed by atoms with Crippen molar-refractivity contribution in [1.82, 2.24) is 15.1 Å². The summed E-state index contributed by atoms with van der Waals surface area (Å²) in [6.45, 7) is 2.25. The zero-order valence-electron chi connectivity index (χ0n) is 16.5. The first-order valence-corrected chi connectivity index (χ1v) is 9.67. The molecule has 1 aromatic carbocycles. The fraction of sp³-hybridized carbons (Fsp3) is 0.400. The highest BCUT2D eigenvalue weighted by Gasteiger charge is 2.35. The number of ether oxygens (including phenoxy) is 1. The van der Waals surface area contributed by atoms with E-state index in [0.29, 0.717) is 31.5 Å². The Hall–Kier alpha value is -3.61. The molecule has 0 saturated heterocycles. The van der Waals surface area contributed by atoms with Gasteiger partial charge in [0.15, 0.2) is 5.82 Å². The van der Waals surface area contributed by atoms with Crippen LogP contribution in [0.4, 0.5) is 20.7 Å². The average Bonchev–Trinajstić information content (AvgIpc) is 3.13. The summed E-state index contributed by atoms with van der Waals surface area (Å²) in [5.41, 5.74) is 6.19. The number of aromatic nitrogens is 2. The van der Waals surface area contributed by atoms with Crippen LogP contribution in [-0.2, 0) is 4.74 Å². The Morgan fingerprint density at radius 1 is 1.37 bits per heavy atom. The van der Waals surface area contributed by atoms with Gasteiger partial charge >= 0.3 is 6.09 Å². The number of halogens is 1. The lowest BCUT2D eigenvalue weighted by Crippen LogP contribution is -2.35. The van der Waals surface area contributed by atoms with Gasteiger partial charge in [0, 0.05) is 24.8 Å². The van der Waals surface area contributed by atoms with Crippen molar-refractivity contribution in [3.63, 3.8) is 0 Å². The number of nitrogens with two attached hydrogens (primary N) is 1. The first-order valence-electron chi connectivity index (χ1n) is 9.67.